The summed E-state index contributed by atoms with van der Waals surface area (Å²) in [6.45, 7) is 0.422. The zero-order chi connectivity index (χ0) is 19.5. The van der Waals surface area contributed by atoms with Gasteiger partial charge in [-0.2, -0.15) is 0 Å². The number of anilines is 1. The molecule has 2 radical (unpaired) electrons. The van der Waals surface area contributed by atoms with Gasteiger partial charge >= 0.3 is 0 Å². The Bertz CT molecular complexity index is 682. The highest BCUT2D eigenvalue weighted by Crippen LogP contribution is 2.12. The number of amides is 1. The van der Waals surface area contributed by atoms with Crippen LogP contribution in [0, 0.1) is 0 Å². The van der Waals surface area contributed by atoms with Crippen LogP contribution in [0.2, 0.25) is 6.32 Å². The lowest BCUT2D eigenvalue weighted by Crippen LogP contribution is -2.41. The van der Waals surface area contributed by atoms with Gasteiger partial charge in [-0.1, -0.05) is 30.3 Å². The Labute approximate surface area is 161 Å². The number of para-hydroxylation sites is 1. The van der Waals surface area contributed by atoms with Gasteiger partial charge in [0.25, 0.3) is 0 Å². The minimum absolute atomic E-state index is 0.0576. The molecule has 0 aliphatic heterocycles. The lowest BCUT2D eigenvalue weighted by atomic mass is 10.0. The van der Waals surface area contributed by atoms with E-state index >= 15 is 0 Å². The summed E-state index contributed by atoms with van der Waals surface area (Å²) in [5, 5.41) is 25.4. The molecular formula is C20H25BN2O4. The second-order valence-corrected chi connectivity index (χ2v) is 6.22. The summed E-state index contributed by atoms with van der Waals surface area (Å²) in [5.41, 5.74) is 1.68. The molecular weight excluding hydrogens is 343 g/mol. The average Bonchev–Trinajstić information content (AvgIpc) is 2.71. The Morgan fingerprint density at radius 3 is 2.44 bits per heavy atom. The first-order valence-corrected chi connectivity index (χ1v) is 8.89. The highest BCUT2D eigenvalue weighted by molar-refractivity contribution is 6.22. The van der Waals surface area contributed by atoms with Crippen molar-refractivity contribution in [2.45, 2.75) is 24.9 Å². The van der Waals surface area contributed by atoms with Crippen LogP contribution >= 0.6 is 0 Å². The maximum atomic E-state index is 11.3. The van der Waals surface area contributed by atoms with Gasteiger partial charge in [0, 0.05) is 18.3 Å². The number of nitrogens with one attached hydrogen (secondary N) is 2. The Balaban J connectivity index is 1.75. The third kappa shape index (κ3) is 7.82. The van der Waals surface area contributed by atoms with Gasteiger partial charge in [-0.3, -0.25) is 4.79 Å². The van der Waals surface area contributed by atoms with Crippen molar-refractivity contribution < 1.29 is 19.7 Å². The van der Waals surface area contributed by atoms with Crippen LogP contribution in [-0.2, 0) is 11.2 Å². The number of aliphatic hydroxyl groups is 2. The van der Waals surface area contributed by atoms with Crippen molar-refractivity contribution in [2.24, 2.45) is 0 Å². The Morgan fingerprint density at radius 2 is 1.81 bits per heavy atom. The smallest absolute Gasteiger partial charge is 0.215 e. The van der Waals surface area contributed by atoms with Crippen molar-refractivity contribution >= 4 is 19.4 Å². The van der Waals surface area contributed by atoms with Gasteiger partial charge in [0.05, 0.1) is 14.5 Å². The van der Waals surface area contributed by atoms with Gasteiger partial charge in [-0.15, -0.1) is 0 Å². The minimum Gasteiger partial charge on any atom is -0.491 e. The van der Waals surface area contributed by atoms with Crippen LogP contribution < -0.4 is 15.4 Å². The quantitative estimate of drug-likeness (QED) is 0.447. The molecule has 142 valence electrons. The highest BCUT2D eigenvalue weighted by Gasteiger charge is 2.12. The number of benzene rings is 2. The van der Waals surface area contributed by atoms with E-state index in [1.54, 1.807) is 12.1 Å². The van der Waals surface area contributed by atoms with E-state index in [2.05, 4.69) is 10.6 Å². The van der Waals surface area contributed by atoms with Crippen LogP contribution in [0.5, 0.6) is 5.75 Å². The summed E-state index contributed by atoms with van der Waals surface area (Å²) < 4.78 is 5.51. The monoisotopic (exact) mass is 368 g/mol. The molecule has 2 aromatic carbocycles. The molecule has 2 aromatic rings. The van der Waals surface area contributed by atoms with E-state index in [-0.39, 0.29) is 31.5 Å². The lowest BCUT2D eigenvalue weighted by molar-refractivity contribution is -0.114. The number of hydrogen-bond donors (Lipinski definition) is 4. The van der Waals surface area contributed by atoms with Crippen molar-refractivity contribution in [3.05, 3.63) is 60.2 Å². The zero-order valence-corrected chi connectivity index (χ0v) is 15.2. The standard InChI is InChI=1S/C20H25BN2O4/c21-11-20(26)23-16-8-6-15(7-9-16)10-17(13-24)22-12-18(25)14-27-19-4-2-1-3-5-19/h1-9,17-18,22,24-25H,10-14H2,(H,23,26)/t17-,18-/m0/s1. The average molecular weight is 368 g/mol. The molecule has 0 heterocycles. The maximum Gasteiger partial charge on any atom is 0.215 e. The molecule has 0 saturated carbocycles. The van der Waals surface area contributed by atoms with E-state index in [4.69, 9.17) is 12.6 Å². The summed E-state index contributed by atoms with van der Waals surface area (Å²) >= 11 is 0. The van der Waals surface area contributed by atoms with Crippen molar-refractivity contribution in [3.8, 4) is 5.75 Å². The third-order valence-corrected chi connectivity index (χ3v) is 3.95. The number of ether oxygens (including phenoxy) is 1. The summed E-state index contributed by atoms with van der Waals surface area (Å²) in [4.78, 5) is 11.3. The van der Waals surface area contributed by atoms with Gasteiger partial charge < -0.3 is 25.6 Å². The fourth-order valence-corrected chi connectivity index (χ4v) is 2.49. The Morgan fingerprint density at radius 1 is 1.11 bits per heavy atom. The van der Waals surface area contributed by atoms with Crippen LogP contribution in [0.1, 0.15) is 5.56 Å². The van der Waals surface area contributed by atoms with E-state index < -0.39 is 6.10 Å². The van der Waals surface area contributed by atoms with E-state index in [9.17, 15) is 15.0 Å². The highest BCUT2D eigenvalue weighted by atomic mass is 16.5. The first-order chi connectivity index (χ1) is 13.1. The normalized spacial score (nSPS) is 13.0. The van der Waals surface area contributed by atoms with Gasteiger partial charge in [0.2, 0.25) is 5.91 Å². The molecule has 27 heavy (non-hydrogen) atoms. The van der Waals surface area contributed by atoms with E-state index in [0.717, 1.165) is 5.56 Å². The molecule has 0 aliphatic rings. The number of carbonyl (C=O) groups excluding carboxylic acids is 1. The first-order valence-electron chi connectivity index (χ1n) is 8.89. The van der Waals surface area contributed by atoms with Crippen LogP contribution in [0.4, 0.5) is 5.69 Å². The summed E-state index contributed by atoms with van der Waals surface area (Å²) in [6, 6.07) is 16.4. The molecule has 0 bridgehead atoms. The molecule has 2 rings (SSSR count). The fourth-order valence-electron chi connectivity index (χ4n) is 2.49. The molecule has 0 saturated heterocycles. The first kappa shape index (κ1) is 21.0. The molecule has 0 aromatic heterocycles. The molecule has 4 N–H and O–H groups in total. The number of carbonyl (C=O) groups is 1. The molecule has 7 heteroatoms. The number of aliphatic hydroxyl groups excluding tert-OH is 2. The van der Waals surface area contributed by atoms with Gasteiger partial charge in [0.1, 0.15) is 18.5 Å². The Kier molecular flexibility index (Phi) is 8.84. The third-order valence-electron chi connectivity index (χ3n) is 3.95. The van der Waals surface area contributed by atoms with Crippen molar-refractivity contribution in [2.75, 3.05) is 25.1 Å². The van der Waals surface area contributed by atoms with Crippen LogP contribution in [0.15, 0.2) is 54.6 Å². The summed E-state index contributed by atoms with van der Waals surface area (Å²) in [7, 11) is 5.27. The van der Waals surface area contributed by atoms with Crippen molar-refractivity contribution in [1.29, 1.82) is 0 Å². The predicted molar refractivity (Wildman–Crippen MR) is 106 cm³/mol. The summed E-state index contributed by atoms with van der Waals surface area (Å²) in [6.07, 6.45) is -0.157. The minimum atomic E-state index is -0.687. The molecule has 0 aliphatic carbocycles. The second kappa shape index (κ2) is 11.4. The molecule has 2 atom stereocenters. The zero-order valence-electron chi connectivity index (χ0n) is 15.2. The Hall–Kier alpha value is -2.35. The van der Waals surface area contributed by atoms with Gasteiger partial charge in [-0.25, -0.2) is 0 Å². The molecule has 0 fully saturated rings. The maximum absolute atomic E-state index is 11.3. The topological polar surface area (TPSA) is 90.8 Å². The van der Waals surface area contributed by atoms with Gasteiger partial charge in [-0.05, 0) is 42.6 Å². The molecule has 1 amide bonds. The number of hydrogen-bond acceptors (Lipinski definition) is 5. The van der Waals surface area contributed by atoms with Crippen LogP contribution in [-0.4, -0.2) is 55.9 Å². The molecule has 0 spiro atoms. The fraction of sp³-hybridized carbons (Fsp3) is 0.350. The van der Waals surface area contributed by atoms with Crippen molar-refractivity contribution in [1.82, 2.24) is 5.32 Å². The van der Waals surface area contributed by atoms with Crippen molar-refractivity contribution in [3.63, 3.8) is 0 Å². The number of rotatable bonds is 11. The largest absolute Gasteiger partial charge is 0.491 e. The van der Waals surface area contributed by atoms with E-state index in [0.29, 0.717) is 24.4 Å². The lowest BCUT2D eigenvalue weighted by Gasteiger charge is -2.19. The molecule has 0 unspecified atom stereocenters. The summed E-state index contributed by atoms with van der Waals surface area (Å²) in [5.74, 6) is 0.460. The van der Waals surface area contributed by atoms with E-state index in [1.807, 2.05) is 42.5 Å². The van der Waals surface area contributed by atoms with Crippen LogP contribution in [0.25, 0.3) is 0 Å². The molecule has 6 nitrogen and oxygen atoms in total. The second-order valence-electron chi connectivity index (χ2n) is 6.22. The predicted octanol–water partition coefficient (Wildman–Crippen LogP) is 1.14. The van der Waals surface area contributed by atoms with Gasteiger partial charge in [0.15, 0.2) is 0 Å². The van der Waals surface area contributed by atoms with Crippen LogP contribution in [0.3, 0.4) is 0 Å². The van der Waals surface area contributed by atoms with E-state index in [1.165, 1.54) is 0 Å². The SMILES string of the molecule is [B]CC(=O)Nc1ccc(C[C@@H](CO)NC[C@H](O)COc2ccccc2)cc1.